The van der Waals surface area contributed by atoms with Gasteiger partial charge < -0.3 is 14.6 Å². The monoisotopic (exact) mass is 662 g/mol. The van der Waals surface area contributed by atoms with E-state index in [2.05, 4.69) is 15.9 Å². The van der Waals surface area contributed by atoms with Crippen LogP contribution in [-0.2, 0) is 19.2 Å². The second-order valence-corrected chi connectivity index (χ2v) is 12.3. The summed E-state index contributed by atoms with van der Waals surface area (Å²) in [5, 5.41) is 11.3. The molecule has 12 heteroatoms. The molecule has 0 aromatic heterocycles. The number of para-hydroxylation sites is 1. The molecular weight excluding hydrogens is 639 g/mol. The van der Waals surface area contributed by atoms with Gasteiger partial charge in [-0.3, -0.25) is 29.0 Å². The largest absolute Gasteiger partial charge is 0.507 e. The molecule has 4 amide bonds. The van der Waals surface area contributed by atoms with Gasteiger partial charge in [0.1, 0.15) is 17.2 Å². The second kappa shape index (κ2) is 9.74. The number of halogens is 3. The summed E-state index contributed by atoms with van der Waals surface area (Å²) in [5.41, 5.74) is 0.980. The van der Waals surface area contributed by atoms with Gasteiger partial charge in [0.15, 0.2) is 9.75 Å². The first kappa shape index (κ1) is 28.1. The molecule has 2 aromatic rings. The molecule has 1 saturated carbocycles. The molecule has 2 aliphatic heterocycles. The number of carbonyl (C=O) groups is 4. The molecule has 6 unspecified atom stereocenters. The van der Waals surface area contributed by atoms with Crippen LogP contribution in [0.2, 0.25) is 0 Å². The number of allylic oxidation sites excluding steroid dienone is 2. The van der Waals surface area contributed by atoms with E-state index in [4.69, 9.17) is 32.7 Å². The fourth-order valence-corrected chi connectivity index (χ4v) is 8.47. The van der Waals surface area contributed by atoms with E-state index in [1.165, 1.54) is 31.3 Å². The quantitative estimate of drug-likeness (QED) is 0.219. The summed E-state index contributed by atoms with van der Waals surface area (Å²) in [7, 11) is 2.82. The van der Waals surface area contributed by atoms with E-state index in [1.54, 1.807) is 36.4 Å². The molecule has 4 aliphatic rings. The zero-order chi connectivity index (χ0) is 29.4. The molecule has 2 aromatic carbocycles. The molecule has 41 heavy (non-hydrogen) atoms. The summed E-state index contributed by atoms with van der Waals surface area (Å²) in [4.78, 5) is 53.4. The van der Waals surface area contributed by atoms with Gasteiger partial charge in [0.25, 0.3) is 11.8 Å². The number of benzene rings is 2. The number of fused-ring (bicyclic) bond motifs is 4. The number of methoxy groups -OCH3 is 2. The first-order valence-electron chi connectivity index (χ1n) is 12.9. The number of ether oxygens (including phenoxy) is 2. The van der Waals surface area contributed by atoms with Gasteiger partial charge in [-0.25, -0.2) is 0 Å². The fraction of sp³-hybridized carbons (Fsp3) is 0.379. The average molecular weight is 664 g/mol. The zero-order valence-electron chi connectivity index (χ0n) is 22.0. The highest BCUT2D eigenvalue weighted by Gasteiger charge is 2.76. The Balaban J connectivity index is 1.57. The van der Waals surface area contributed by atoms with Crippen LogP contribution >= 0.6 is 39.1 Å². The first-order chi connectivity index (χ1) is 19.5. The lowest BCUT2D eigenvalue weighted by Gasteiger charge is -2.51. The topological polar surface area (TPSA) is 113 Å². The summed E-state index contributed by atoms with van der Waals surface area (Å²) in [6.45, 7) is 0. The van der Waals surface area contributed by atoms with Crippen molar-refractivity contribution in [2.24, 2.45) is 17.8 Å². The van der Waals surface area contributed by atoms with Crippen LogP contribution in [-0.4, -0.2) is 63.1 Å². The predicted octanol–water partition coefficient (Wildman–Crippen LogP) is 4.33. The van der Waals surface area contributed by atoms with Crippen LogP contribution in [0.1, 0.15) is 24.3 Å². The number of hydrogen-bond donors (Lipinski definition) is 1. The maximum atomic E-state index is 14.0. The van der Waals surface area contributed by atoms with Crippen molar-refractivity contribution in [1.29, 1.82) is 0 Å². The molecule has 3 fully saturated rings. The van der Waals surface area contributed by atoms with Gasteiger partial charge in [0, 0.05) is 23.6 Å². The lowest BCUT2D eigenvalue weighted by atomic mass is 9.56. The van der Waals surface area contributed by atoms with Crippen molar-refractivity contribution < 1.29 is 33.8 Å². The molecule has 1 N–H and O–H groups in total. The number of nitrogens with zero attached hydrogens (tertiary/aromatic N) is 2. The lowest BCUT2D eigenvalue weighted by molar-refractivity contribution is -0.138. The van der Waals surface area contributed by atoms with Gasteiger partial charge >= 0.3 is 0 Å². The molecule has 2 heterocycles. The van der Waals surface area contributed by atoms with Gasteiger partial charge in [-0.15, -0.1) is 23.2 Å². The van der Waals surface area contributed by atoms with E-state index in [1.807, 2.05) is 0 Å². The molecule has 6 atom stereocenters. The normalized spacial score (nSPS) is 32.5. The summed E-state index contributed by atoms with van der Waals surface area (Å²) in [6.07, 6.45) is 1.84. The van der Waals surface area contributed by atoms with E-state index in [9.17, 15) is 24.3 Å². The third-order valence-electron chi connectivity index (χ3n) is 8.87. The van der Waals surface area contributed by atoms with Gasteiger partial charge in [0.05, 0.1) is 37.2 Å². The summed E-state index contributed by atoms with van der Waals surface area (Å²) < 4.78 is 10.9. The van der Waals surface area contributed by atoms with Crippen LogP contribution < -0.4 is 14.4 Å². The van der Waals surface area contributed by atoms with Gasteiger partial charge in [0.2, 0.25) is 11.8 Å². The number of likely N-dealkylation sites (tertiary alicyclic amines) is 1. The number of amides is 4. The number of carbonyl (C=O) groups excluding carboxylic acids is 4. The Morgan fingerprint density at radius 1 is 1.00 bits per heavy atom. The molecular formula is C29H25BrCl2N2O7. The van der Waals surface area contributed by atoms with Crippen molar-refractivity contribution in [2.45, 2.75) is 28.5 Å². The number of hydrogen-bond acceptors (Lipinski definition) is 7. The second-order valence-electron chi connectivity index (χ2n) is 10.6. The Hall–Kier alpha value is -3.08. The molecule has 0 spiro atoms. The molecule has 214 valence electrons. The number of alkyl halides is 3. The van der Waals surface area contributed by atoms with Crippen LogP contribution in [0.15, 0.2) is 54.1 Å². The molecule has 0 radical (unpaired) electrons. The standard InChI is InChI=1S/C29H25BrCl2N2O7/c1-40-15-10-19(35)22(20(11-15)41-2)23-16-8-9-17-21(25(37)34(24(17)36)14-6-4-3-5-7-14)18(16)12-28(31)26(38)33(13-30)27(39)29(23,28)32/h3-8,10-11,17-18,21,23,35H,9,12-13H2,1-2H3. The number of aromatic hydroxyl groups is 1. The lowest BCUT2D eigenvalue weighted by Crippen LogP contribution is -2.60. The number of rotatable bonds is 5. The van der Waals surface area contributed by atoms with E-state index >= 15 is 0 Å². The molecule has 0 bridgehead atoms. The molecule has 2 aliphatic carbocycles. The number of phenols is 1. The number of anilines is 1. The van der Waals surface area contributed by atoms with Crippen molar-refractivity contribution >= 4 is 68.4 Å². The molecule has 2 saturated heterocycles. The van der Waals surface area contributed by atoms with Crippen molar-refractivity contribution in [3.8, 4) is 17.2 Å². The van der Waals surface area contributed by atoms with Crippen molar-refractivity contribution in [1.82, 2.24) is 4.90 Å². The zero-order valence-corrected chi connectivity index (χ0v) is 25.1. The van der Waals surface area contributed by atoms with Gasteiger partial charge in [-0.2, -0.15) is 0 Å². The first-order valence-corrected chi connectivity index (χ1v) is 14.8. The third-order valence-corrected chi connectivity index (χ3v) is 10.8. The number of imide groups is 2. The van der Waals surface area contributed by atoms with Crippen LogP contribution in [0.25, 0.3) is 0 Å². The average Bonchev–Trinajstić information content (AvgIpc) is 3.31. The minimum Gasteiger partial charge on any atom is -0.507 e. The van der Waals surface area contributed by atoms with Gasteiger partial charge in [-0.05, 0) is 30.9 Å². The summed E-state index contributed by atoms with van der Waals surface area (Å²) in [6, 6.07) is 11.5. The van der Waals surface area contributed by atoms with Crippen LogP contribution in [0, 0.1) is 17.8 Å². The van der Waals surface area contributed by atoms with Crippen LogP contribution in [0.3, 0.4) is 0 Å². The summed E-state index contributed by atoms with van der Waals surface area (Å²) >= 11 is 17.7. The SMILES string of the molecule is COc1cc(O)c(C2C3=CCC4C(=O)N(c5ccccc5)C(=O)C4C3CC3(Cl)C(=O)N(CBr)C(=O)C23Cl)c(OC)c1. The highest BCUT2D eigenvalue weighted by molar-refractivity contribution is 9.09. The number of phenolic OH excluding ortho intramolecular Hbond substituents is 1. The van der Waals surface area contributed by atoms with Crippen molar-refractivity contribution in [3.63, 3.8) is 0 Å². The summed E-state index contributed by atoms with van der Waals surface area (Å²) in [5.74, 6) is -5.49. The van der Waals surface area contributed by atoms with E-state index in [-0.39, 0.29) is 41.3 Å². The Morgan fingerprint density at radius 3 is 2.34 bits per heavy atom. The minimum atomic E-state index is -2.07. The Labute approximate surface area is 254 Å². The highest BCUT2D eigenvalue weighted by atomic mass is 79.9. The maximum absolute atomic E-state index is 14.0. The van der Waals surface area contributed by atoms with Crippen molar-refractivity contribution in [3.05, 3.63) is 59.7 Å². The van der Waals surface area contributed by atoms with E-state index < -0.39 is 51.1 Å². The Bertz CT molecular complexity index is 1530. The fourth-order valence-electron chi connectivity index (χ4n) is 7.07. The molecule has 6 rings (SSSR count). The molecule has 9 nitrogen and oxygen atoms in total. The third kappa shape index (κ3) is 3.59. The van der Waals surface area contributed by atoms with Crippen LogP contribution in [0.5, 0.6) is 17.2 Å². The van der Waals surface area contributed by atoms with Crippen molar-refractivity contribution in [2.75, 3.05) is 24.6 Å². The Morgan fingerprint density at radius 2 is 1.71 bits per heavy atom. The maximum Gasteiger partial charge on any atom is 0.254 e. The Kier molecular flexibility index (Phi) is 6.67. The van der Waals surface area contributed by atoms with Gasteiger partial charge in [-0.1, -0.05) is 45.8 Å². The van der Waals surface area contributed by atoms with Crippen LogP contribution in [0.4, 0.5) is 5.69 Å². The highest BCUT2D eigenvalue weighted by Crippen LogP contribution is 2.67. The van der Waals surface area contributed by atoms with E-state index in [0.717, 1.165) is 4.90 Å². The smallest absolute Gasteiger partial charge is 0.254 e. The van der Waals surface area contributed by atoms with E-state index in [0.29, 0.717) is 17.0 Å². The minimum absolute atomic E-state index is 0.136. The predicted molar refractivity (Wildman–Crippen MR) is 153 cm³/mol.